The number of amides is 1. The molecule has 0 radical (unpaired) electrons. The van der Waals surface area contributed by atoms with E-state index in [0.717, 1.165) is 3.97 Å². The van der Waals surface area contributed by atoms with Crippen LogP contribution in [-0.2, 0) is 21.7 Å². The molecule has 0 bridgehead atoms. The Morgan fingerprint density at radius 1 is 1.19 bits per heavy atom. The van der Waals surface area contributed by atoms with E-state index in [4.69, 9.17) is 8.85 Å². The molecule has 190 valence electrons. The van der Waals surface area contributed by atoms with Crippen molar-refractivity contribution in [3.8, 4) is 0 Å². The van der Waals surface area contributed by atoms with Crippen LogP contribution in [0, 0.1) is 0 Å². The van der Waals surface area contributed by atoms with Crippen LogP contribution in [0.3, 0.4) is 0 Å². The second kappa shape index (κ2) is 8.51. The predicted molar refractivity (Wildman–Crippen MR) is 136 cm³/mol. The van der Waals surface area contributed by atoms with E-state index in [1.165, 1.54) is 35.2 Å². The summed E-state index contributed by atoms with van der Waals surface area (Å²) in [4.78, 5) is 30.3. The van der Waals surface area contributed by atoms with Gasteiger partial charge in [-0.3, -0.25) is 9.13 Å². The third-order valence-electron chi connectivity index (χ3n) is 6.30. The van der Waals surface area contributed by atoms with Crippen molar-refractivity contribution in [1.29, 1.82) is 0 Å². The molecular formula is C25H29N5O5S. The fourth-order valence-corrected chi connectivity index (χ4v) is 6.12. The van der Waals surface area contributed by atoms with Crippen molar-refractivity contribution in [2.24, 2.45) is 6.98 Å². The van der Waals surface area contributed by atoms with Crippen molar-refractivity contribution in [2.75, 3.05) is 0 Å². The standard InChI is InChI=1S/C25H29N5O5S/c1-25(2,3)35-23(31)27-16-10-11-17(14-16)30-21-19-12-13-29(36(33,34)18-8-6-5-7-9-18)22(19)26-15-20(21)28(4)24(30)32/h5-9,12-13,15-17H,10-11,14H2,1-4H3,(H,27,31)/t16-,17-/m1/s1/i4D3. The largest absolute Gasteiger partial charge is 0.444 e. The minimum atomic E-state index is -4.00. The number of aryl methyl sites for hydroxylation is 1. The van der Waals surface area contributed by atoms with Gasteiger partial charge in [-0.2, -0.15) is 0 Å². The van der Waals surface area contributed by atoms with Crippen LogP contribution in [0.25, 0.3) is 22.1 Å². The molecule has 11 heteroatoms. The van der Waals surface area contributed by atoms with Gasteiger partial charge in [0.15, 0.2) is 5.65 Å². The van der Waals surface area contributed by atoms with Crippen LogP contribution in [0.4, 0.5) is 4.79 Å². The number of alkyl carbamates (subject to hydrolysis) is 1. The molecule has 1 N–H and O–H groups in total. The molecule has 1 fully saturated rings. The lowest BCUT2D eigenvalue weighted by Gasteiger charge is -2.22. The van der Waals surface area contributed by atoms with Gasteiger partial charge in [0.1, 0.15) is 5.60 Å². The molecule has 0 spiro atoms. The van der Waals surface area contributed by atoms with Gasteiger partial charge in [-0.15, -0.1) is 0 Å². The highest BCUT2D eigenvalue weighted by atomic mass is 32.2. The molecule has 2 atom stereocenters. The Labute approximate surface area is 212 Å². The first-order valence-corrected chi connectivity index (χ1v) is 13.1. The van der Waals surface area contributed by atoms with E-state index in [2.05, 4.69) is 10.3 Å². The summed E-state index contributed by atoms with van der Waals surface area (Å²) in [7, 11) is -4.00. The first-order chi connectivity index (χ1) is 18.2. The number of aromatic nitrogens is 4. The summed E-state index contributed by atoms with van der Waals surface area (Å²) >= 11 is 0. The van der Waals surface area contributed by atoms with Gasteiger partial charge in [-0.1, -0.05) is 18.2 Å². The van der Waals surface area contributed by atoms with Gasteiger partial charge in [0, 0.05) is 34.8 Å². The van der Waals surface area contributed by atoms with E-state index in [1.54, 1.807) is 39.0 Å². The Bertz CT molecular complexity index is 1730. The molecular weight excluding hydrogens is 482 g/mol. The summed E-state index contributed by atoms with van der Waals surface area (Å²) in [5, 5.41) is 3.16. The normalized spacial score (nSPS) is 20.2. The zero-order valence-electron chi connectivity index (χ0n) is 23.1. The van der Waals surface area contributed by atoms with Crippen LogP contribution in [0.1, 0.15) is 50.2 Å². The highest BCUT2D eigenvalue weighted by molar-refractivity contribution is 7.90. The molecule has 0 aliphatic heterocycles. The molecule has 1 saturated carbocycles. The third-order valence-corrected chi connectivity index (χ3v) is 7.98. The number of carbonyl (C=O) groups is 1. The summed E-state index contributed by atoms with van der Waals surface area (Å²) in [5.41, 5.74) is -0.986. The van der Waals surface area contributed by atoms with Crippen molar-refractivity contribution in [1.82, 2.24) is 23.4 Å². The molecule has 1 aliphatic carbocycles. The van der Waals surface area contributed by atoms with Gasteiger partial charge in [0.2, 0.25) is 0 Å². The van der Waals surface area contributed by atoms with Gasteiger partial charge in [0.25, 0.3) is 10.0 Å². The van der Waals surface area contributed by atoms with E-state index in [1.807, 2.05) is 0 Å². The predicted octanol–water partition coefficient (Wildman–Crippen LogP) is 3.55. The first-order valence-electron chi connectivity index (χ1n) is 13.1. The van der Waals surface area contributed by atoms with Crippen LogP contribution in [0.15, 0.2) is 58.5 Å². The number of pyridine rings is 1. The number of carbonyl (C=O) groups excluding carboxylic acids is 1. The lowest BCUT2D eigenvalue weighted by molar-refractivity contribution is 0.0504. The maximum absolute atomic E-state index is 13.6. The monoisotopic (exact) mass is 514 g/mol. The number of nitrogens with one attached hydrogen (secondary N) is 1. The number of imidazole rings is 1. The van der Waals surface area contributed by atoms with Gasteiger partial charge < -0.3 is 10.1 Å². The highest BCUT2D eigenvalue weighted by Gasteiger charge is 2.32. The van der Waals surface area contributed by atoms with Crippen molar-refractivity contribution >= 4 is 38.2 Å². The second-order valence-corrected chi connectivity index (χ2v) is 11.8. The molecule has 36 heavy (non-hydrogen) atoms. The Hall–Kier alpha value is -3.60. The number of hydrogen-bond donors (Lipinski definition) is 1. The van der Waals surface area contributed by atoms with Crippen LogP contribution in [0.2, 0.25) is 0 Å². The zero-order chi connectivity index (χ0) is 28.3. The Kier molecular flexibility index (Phi) is 4.86. The van der Waals surface area contributed by atoms with Crippen molar-refractivity contribution in [3.05, 3.63) is 59.3 Å². The molecule has 1 amide bonds. The second-order valence-electron chi connectivity index (χ2n) is 9.96. The zero-order valence-corrected chi connectivity index (χ0v) is 20.9. The quantitative estimate of drug-likeness (QED) is 0.445. The molecule has 1 aliphatic rings. The SMILES string of the molecule is [2H]C([2H])([2H])n1c(=O)n([C@@H]2CC[C@@H](NC(=O)OC(C)(C)C)C2)c2c3ccn(S(=O)(=O)c4ccccc4)c3ncc21. The lowest BCUT2D eigenvalue weighted by Crippen LogP contribution is -2.38. The minimum Gasteiger partial charge on any atom is -0.444 e. The average Bonchev–Trinajstić information content (AvgIpc) is 3.52. The Morgan fingerprint density at radius 2 is 1.94 bits per heavy atom. The number of hydrogen-bond acceptors (Lipinski definition) is 6. The van der Waals surface area contributed by atoms with E-state index in [9.17, 15) is 18.0 Å². The molecule has 5 rings (SSSR count). The number of ether oxygens (including phenoxy) is 1. The maximum Gasteiger partial charge on any atom is 0.407 e. The van der Waals surface area contributed by atoms with E-state index < -0.39 is 40.4 Å². The van der Waals surface area contributed by atoms with Crippen molar-refractivity contribution < 1.29 is 22.1 Å². The van der Waals surface area contributed by atoms with E-state index >= 15 is 0 Å². The topological polar surface area (TPSA) is 117 Å². The van der Waals surface area contributed by atoms with E-state index in [-0.39, 0.29) is 27.6 Å². The summed E-state index contributed by atoms with van der Waals surface area (Å²) in [6, 6.07) is 8.66. The summed E-state index contributed by atoms with van der Waals surface area (Å²) in [6.07, 6.45) is 3.42. The van der Waals surface area contributed by atoms with Crippen LogP contribution in [-0.4, -0.2) is 44.2 Å². The molecule has 4 aromatic rings. The maximum atomic E-state index is 13.6. The fourth-order valence-electron chi connectivity index (χ4n) is 4.80. The Morgan fingerprint density at radius 3 is 2.64 bits per heavy atom. The molecule has 0 saturated heterocycles. The van der Waals surface area contributed by atoms with Crippen LogP contribution in [0.5, 0.6) is 0 Å². The molecule has 3 aromatic heterocycles. The molecule has 10 nitrogen and oxygen atoms in total. The third kappa shape index (κ3) is 4.06. The van der Waals surface area contributed by atoms with Gasteiger partial charge >= 0.3 is 11.8 Å². The first kappa shape index (κ1) is 20.6. The van der Waals surface area contributed by atoms with Crippen LogP contribution >= 0.6 is 0 Å². The average molecular weight is 515 g/mol. The Balaban J connectivity index is 1.63. The van der Waals surface area contributed by atoms with Gasteiger partial charge in [0.05, 0.1) is 22.1 Å². The summed E-state index contributed by atoms with van der Waals surface area (Å²) in [5.74, 6) is 0. The number of benzene rings is 1. The van der Waals surface area contributed by atoms with E-state index in [0.29, 0.717) is 29.2 Å². The minimum absolute atomic E-state index is 0.0636. The van der Waals surface area contributed by atoms with Crippen molar-refractivity contribution in [3.63, 3.8) is 0 Å². The summed E-state index contributed by atoms with van der Waals surface area (Å²) < 4.78 is 59.2. The molecule has 1 aromatic carbocycles. The summed E-state index contributed by atoms with van der Waals surface area (Å²) in [6.45, 7) is 2.49. The van der Waals surface area contributed by atoms with Gasteiger partial charge in [-0.05, 0) is 58.2 Å². The van der Waals surface area contributed by atoms with Crippen LogP contribution < -0.4 is 11.0 Å². The smallest absolute Gasteiger partial charge is 0.407 e. The number of rotatable bonds is 4. The fraction of sp³-hybridized carbons (Fsp3) is 0.400. The van der Waals surface area contributed by atoms with Gasteiger partial charge in [-0.25, -0.2) is 27.0 Å². The number of fused-ring (bicyclic) bond motifs is 3. The van der Waals surface area contributed by atoms with Crippen molar-refractivity contribution in [2.45, 2.75) is 62.6 Å². The highest BCUT2D eigenvalue weighted by Crippen LogP contribution is 2.34. The molecule has 0 unspecified atom stereocenters. The lowest BCUT2D eigenvalue weighted by atomic mass is 10.2. The molecule has 3 heterocycles. The number of nitrogens with zero attached hydrogens (tertiary/aromatic N) is 4.